The van der Waals surface area contributed by atoms with Crippen molar-refractivity contribution in [1.29, 1.82) is 0 Å². The summed E-state index contributed by atoms with van der Waals surface area (Å²) in [5, 5.41) is 11.6. The van der Waals surface area contributed by atoms with Crippen molar-refractivity contribution in [2.75, 3.05) is 0 Å². The molecule has 1 fully saturated rings. The maximum absolute atomic E-state index is 12.1. The van der Waals surface area contributed by atoms with Gasteiger partial charge in [-0.05, 0) is 37.0 Å². The summed E-state index contributed by atoms with van der Waals surface area (Å²) in [6.45, 7) is 0. The Morgan fingerprint density at radius 1 is 1.32 bits per heavy atom. The molecule has 5 nitrogen and oxygen atoms in total. The normalized spacial score (nSPS) is 16.5. The van der Waals surface area contributed by atoms with E-state index in [9.17, 15) is 22.8 Å². The number of rotatable bonds is 5. The lowest BCUT2D eigenvalue weighted by molar-refractivity contribution is -0.274. The van der Waals surface area contributed by atoms with Gasteiger partial charge in [-0.3, -0.25) is 4.79 Å². The molecule has 8 heteroatoms. The molecule has 0 saturated heterocycles. The molecule has 0 bridgehead atoms. The van der Waals surface area contributed by atoms with Crippen molar-refractivity contribution in [3.8, 4) is 5.75 Å². The average Bonchev–Trinajstić information content (AvgIpc) is 2.31. The van der Waals surface area contributed by atoms with Crippen molar-refractivity contribution < 1.29 is 32.6 Å². The van der Waals surface area contributed by atoms with E-state index >= 15 is 0 Å². The van der Waals surface area contributed by atoms with Crippen LogP contribution in [0, 0.1) is 0 Å². The van der Waals surface area contributed by atoms with Gasteiger partial charge < -0.3 is 15.2 Å². The van der Waals surface area contributed by atoms with Crippen LogP contribution in [0.2, 0.25) is 0 Å². The largest absolute Gasteiger partial charge is 0.573 e. The van der Waals surface area contributed by atoms with Crippen molar-refractivity contribution >= 4 is 11.9 Å². The number of hydrogen-bond donors (Lipinski definition) is 2. The van der Waals surface area contributed by atoms with Gasteiger partial charge in [0.25, 0.3) is 0 Å². The predicted molar refractivity (Wildman–Crippen MR) is 69.2 cm³/mol. The van der Waals surface area contributed by atoms with Crippen LogP contribution < -0.4 is 10.1 Å². The highest BCUT2D eigenvalue weighted by atomic mass is 19.4. The second-order valence-corrected chi connectivity index (χ2v) is 5.16. The molecule has 1 saturated carbocycles. The van der Waals surface area contributed by atoms with Crippen LogP contribution in [-0.2, 0) is 16.0 Å². The molecule has 1 aromatic rings. The van der Waals surface area contributed by atoms with Gasteiger partial charge in [-0.2, -0.15) is 0 Å². The first-order valence-corrected chi connectivity index (χ1v) is 6.59. The van der Waals surface area contributed by atoms with Gasteiger partial charge in [-0.25, -0.2) is 4.79 Å². The molecule has 2 N–H and O–H groups in total. The Morgan fingerprint density at radius 2 is 2.00 bits per heavy atom. The Kier molecular flexibility index (Phi) is 4.30. The minimum absolute atomic E-state index is 0.218. The van der Waals surface area contributed by atoms with Crippen molar-refractivity contribution in [2.45, 2.75) is 37.6 Å². The first-order valence-electron chi connectivity index (χ1n) is 6.59. The van der Waals surface area contributed by atoms with Gasteiger partial charge in [-0.1, -0.05) is 12.1 Å². The third-order valence-electron chi connectivity index (χ3n) is 3.49. The molecule has 0 heterocycles. The van der Waals surface area contributed by atoms with E-state index in [1.54, 1.807) is 0 Å². The quantitative estimate of drug-likeness (QED) is 0.873. The first-order chi connectivity index (χ1) is 10.2. The van der Waals surface area contributed by atoms with Crippen LogP contribution in [0.4, 0.5) is 13.2 Å². The van der Waals surface area contributed by atoms with E-state index in [1.165, 1.54) is 12.1 Å². The van der Waals surface area contributed by atoms with Gasteiger partial charge in [0.1, 0.15) is 11.3 Å². The van der Waals surface area contributed by atoms with Crippen LogP contribution in [0.25, 0.3) is 0 Å². The Hall–Kier alpha value is -2.25. The summed E-state index contributed by atoms with van der Waals surface area (Å²) in [7, 11) is 0. The molecule has 22 heavy (non-hydrogen) atoms. The number of benzene rings is 1. The van der Waals surface area contributed by atoms with E-state index in [0.717, 1.165) is 12.1 Å². The lowest BCUT2D eigenvalue weighted by atomic mass is 9.76. The van der Waals surface area contributed by atoms with Gasteiger partial charge in [0.2, 0.25) is 5.91 Å². The van der Waals surface area contributed by atoms with Crippen molar-refractivity contribution in [3.63, 3.8) is 0 Å². The molecule has 1 aliphatic rings. The number of carbonyl (C=O) groups excluding carboxylic acids is 1. The number of halogens is 3. The number of ether oxygens (including phenoxy) is 1. The number of carbonyl (C=O) groups is 2. The van der Waals surface area contributed by atoms with Crippen LogP contribution >= 0.6 is 0 Å². The van der Waals surface area contributed by atoms with Gasteiger partial charge in [0, 0.05) is 0 Å². The Labute approximate surface area is 124 Å². The zero-order valence-corrected chi connectivity index (χ0v) is 11.4. The number of carboxylic acids is 1. The van der Waals surface area contributed by atoms with E-state index in [2.05, 4.69) is 10.1 Å². The first kappa shape index (κ1) is 16.1. The molecule has 2 rings (SSSR count). The maximum Gasteiger partial charge on any atom is 0.573 e. The van der Waals surface area contributed by atoms with Gasteiger partial charge in [-0.15, -0.1) is 13.2 Å². The van der Waals surface area contributed by atoms with Gasteiger partial charge in [0.05, 0.1) is 6.42 Å². The highest BCUT2D eigenvalue weighted by Gasteiger charge is 2.45. The molecule has 1 amide bonds. The van der Waals surface area contributed by atoms with Crippen molar-refractivity contribution in [2.24, 2.45) is 0 Å². The van der Waals surface area contributed by atoms with Crippen LogP contribution in [0.3, 0.4) is 0 Å². The lowest BCUT2D eigenvalue weighted by Crippen LogP contribution is -2.59. The van der Waals surface area contributed by atoms with Crippen LogP contribution in [0.1, 0.15) is 24.8 Å². The van der Waals surface area contributed by atoms with E-state index in [-0.39, 0.29) is 6.42 Å². The fourth-order valence-electron chi connectivity index (χ4n) is 2.27. The summed E-state index contributed by atoms with van der Waals surface area (Å²) in [6.07, 6.45) is -3.61. The molecule has 0 unspecified atom stereocenters. The molecule has 1 aromatic carbocycles. The number of aliphatic carboxylic acids is 1. The smallest absolute Gasteiger partial charge is 0.480 e. The molecule has 1 aliphatic carbocycles. The fourth-order valence-corrected chi connectivity index (χ4v) is 2.27. The fraction of sp³-hybridized carbons (Fsp3) is 0.429. The Bertz CT molecular complexity index is 582. The third-order valence-corrected chi connectivity index (χ3v) is 3.49. The summed E-state index contributed by atoms with van der Waals surface area (Å²) in [5.41, 5.74) is -0.934. The molecule has 0 aromatic heterocycles. The molecule has 0 radical (unpaired) electrons. The molecule has 0 aliphatic heterocycles. The minimum Gasteiger partial charge on any atom is -0.480 e. The average molecular weight is 317 g/mol. The summed E-state index contributed by atoms with van der Waals surface area (Å²) in [5.74, 6) is -2.07. The SMILES string of the molecule is O=C(Cc1cccc(OC(F)(F)F)c1)NC1(C(=O)O)CCC1. The van der Waals surface area contributed by atoms with E-state index in [0.29, 0.717) is 24.8 Å². The molecule has 0 spiro atoms. The highest BCUT2D eigenvalue weighted by molar-refractivity contribution is 5.88. The number of amides is 1. The van der Waals surface area contributed by atoms with E-state index in [4.69, 9.17) is 5.11 Å². The zero-order chi connectivity index (χ0) is 16.4. The Balaban J connectivity index is 2.00. The van der Waals surface area contributed by atoms with Crippen LogP contribution in [0.15, 0.2) is 24.3 Å². The topological polar surface area (TPSA) is 75.6 Å². The summed E-state index contributed by atoms with van der Waals surface area (Å²) in [4.78, 5) is 23.0. The predicted octanol–water partition coefficient (Wildman–Crippen LogP) is 2.25. The minimum atomic E-state index is -4.81. The third kappa shape index (κ3) is 3.90. The zero-order valence-electron chi connectivity index (χ0n) is 11.4. The molecule has 120 valence electrons. The Morgan fingerprint density at radius 3 is 2.50 bits per heavy atom. The standard InChI is InChI=1S/C14H14F3NO4/c15-14(16,17)22-10-4-1-3-9(7-10)8-11(19)18-13(12(20)21)5-2-6-13/h1,3-4,7H,2,5-6,8H2,(H,18,19)(H,20,21). The second kappa shape index (κ2) is 5.86. The van der Waals surface area contributed by atoms with Gasteiger partial charge >= 0.3 is 12.3 Å². The number of alkyl halides is 3. The van der Waals surface area contributed by atoms with Crippen molar-refractivity contribution in [3.05, 3.63) is 29.8 Å². The summed E-state index contributed by atoms with van der Waals surface area (Å²) in [6, 6.07) is 5.03. The summed E-state index contributed by atoms with van der Waals surface area (Å²) < 4.78 is 40.2. The van der Waals surface area contributed by atoms with E-state index < -0.39 is 29.5 Å². The van der Waals surface area contributed by atoms with E-state index in [1.807, 2.05) is 0 Å². The maximum atomic E-state index is 12.1. The number of carboxylic acid groups (broad SMARTS) is 1. The van der Waals surface area contributed by atoms with Crippen molar-refractivity contribution in [1.82, 2.24) is 5.32 Å². The molecular formula is C14H14F3NO4. The number of hydrogen-bond acceptors (Lipinski definition) is 3. The highest BCUT2D eigenvalue weighted by Crippen LogP contribution is 2.32. The molecular weight excluding hydrogens is 303 g/mol. The lowest BCUT2D eigenvalue weighted by Gasteiger charge is -2.38. The number of nitrogens with one attached hydrogen (secondary N) is 1. The van der Waals surface area contributed by atoms with Crippen LogP contribution in [0.5, 0.6) is 5.75 Å². The van der Waals surface area contributed by atoms with Crippen LogP contribution in [-0.4, -0.2) is 28.9 Å². The molecule has 0 atom stereocenters. The monoisotopic (exact) mass is 317 g/mol. The van der Waals surface area contributed by atoms with Gasteiger partial charge in [0.15, 0.2) is 0 Å². The second-order valence-electron chi connectivity index (χ2n) is 5.16. The summed E-state index contributed by atoms with van der Waals surface area (Å²) >= 11 is 0.